The van der Waals surface area contributed by atoms with Gasteiger partial charge in [0.15, 0.2) is 0 Å². The zero-order valence-corrected chi connectivity index (χ0v) is 10.3. The van der Waals surface area contributed by atoms with Crippen LogP contribution in [-0.2, 0) is 11.3 Å². The Balaban J connectivity index is 1.96. The molecule has 5 nitrogen and oxygen atoms in total. The van der Waals surface area contributed by atoms with Gasteiger partial charge in [0.05, 0.1) is 31.0 Å². The number of fused-ring (bicyclic) bond motifs is 1. The van der Waals surface area contributed by atoms with Gasteiger partial charge in [0.2, 0.25) is 0 Å². The number of rotatable bonds is 2. The van der Waals surface area contributed by atoms with E-state index in [0.29, 0.717) is 25.1 Å². The van der Waals surface area contributed by atoms with Crippen LogP contribution in [0.5, 0.6) is 0 Å². The molecule has 1 N–H and O–H groups in total. The fourth-order valence-electron chi connectivity index (χ4n) is 2.24. The van der Waals surface area contributed by atoms with Crippen molar-refractivity contribution in [2.75, 3.05) is 19.7 Å². The predicted molar refractivity (Wildman–Crippen MR) is 68.6 cm³/mol. The molecule has 0 saturated carbocycles. The fourth-order valence-corrected chi connectivity index (χ4v) is 2.24. The first-order valence-corrected chi connectivity index (χ1v) is 6.21. The van der Waals surface area contributed by atoms with Gasteiger partial charge in [-0.25, -0.2) is 9.37 Å². The van der Waals surface area contributed by atoms with Gasteiger partial charge in [-0.05, 0) is 12.1 Å². The van der Waals surface area contributed by atoms with Crippen molar-refractivity contribution in [2.45, 2.75) is 12.6 Å². The second-order valence-electron chi connectivity index (χ2n) is 4.54. The summed E-state index contributed by atoms with van der Waals surface area (Å²) in [6.07, 6.45) is 1.32. The Hall–Kier alpha value is -1.79. The van der Waals surface area contributed by atoms with Crippen LogP contribution in [0.1, 0.15) is 0 Å². The summed E-state index contributed by atoms with van der Waals surface area (Å²) in [5, 5.41) is 3.50. The lowest BCUT2D eigenvalue weighted by atomic mass is 10.2. The van der Waals surface area contributed by atoms with E-state index in [0.717, 1.165) is 6.54 Å². The standard InChI is InChI=1S/C13H14FN3O2/c14-11-3-1-2-10-12(11)16-8-17(13(10)18)7-9-6-15-4-5-19-9/h1-3,8-9,15H,4-7H2. The average molecular weight is 263 g/mol. The van der Waals surface area contributed by atoms with E-state index in [1.54, 1.807) is 6.07 Å². The smallest absolute Gasteiger partial charge is 0.261 e. The highest BCUT2D eigenvalue weighted by atomic mass is 19.1. The van der Waals surface area contributed by atoms with Gasteiger partial charge in [-0.1, -0.05) is 6.07 Å². The molecule has 1 unspecified atom stereocenters. The second kappa shape index (κ2) is 5.07. The summed E-state index contributed by atoms with van der Waals surface area (Å²) in [5.74, 6) is -0.475. The highest BCUT2D eigenvalue weighted by Gasteiger charge is 2.15. The lowest BCUT2D eigenvalue weighted by molar-refractivity contribution is 0.0175. The molecule has 0 amide bonds. The minimum atomic E-state index is -0.475. The summed E-state index contributed by atoms with van der Waals surface area (Å²) >= 11 is 0. The molecule has 1 atom stereocenters. The monoisotopic (exact) mass is 263 g/mol. The fraction of sp³-hybridized carbons (Fsp3) is 0.385. The molecular weight excluding hydrogens is 249 g/mol. The Kier molecular flexibility index (Phi) is 3.27. The number of hydrogen-bond donors (Lipinski definition) is 1. The van der Waals surface area contributed by atoms with Crippen LogP contribution in [0.25, 0.3) is 10.9 Å². The van der Waals surface area contributed by atoms with Crippen molar-refractivity contribution in [1.82, 2.24) is 14.9 Å². The SMILES string of the molecule is O=c1c2cccc(F)c2ncn1CC1CNCCO1. The van der Waals surface area contributed by atoms with Crippen LogP contribution in [0.3, 0.4) is 0 Å². The summed E-state index contributed by atoms with van der Waals surface area (Å²) < 4.78 is 20.5. The molecule has 1 fully saturated rings. The zero-order valence-electron chi connectivity index (χ0n) is 10.3. The van der Waals surface area contributed by atoms with Gasteiger partial charge >= 0.3 is 0 Å². The lowest BCUT2D eigenvalue weighted by Crippen LogP contribution is -2.42. The van der Waals surface area contributed by atoms with E-state index in [9.17, 15) is 9.18 Å². The van der Waals surface area contributed by atoms with E-state index in [1.807, 2.05) is 0 Å². The number of halogens is 1. The number of para-hydroxylation sites is 1. The molecule has 0 bridgehead atoms. The molecule has 0 aliphatic carbocycles. The molecular formula is C13H14FN3O2. The molecule has 0 spiro atoms. The maximum Gasteiger partial charge on any atom is 0.261 e. The second-order valence-corrected chi connectivity index (χ2v) is 4.54. The summed E-state index contributed by atoms with van der Waals surface area (Å²) in [7, 11) is 0. The van der Waals surface area contributed by atoms with Crippen LogP contribution in [-0.4, -0.2) is 35.4 Å². The van der Waals surface area contributed by atoms with Crippen LogP contribution in [0, 0.1) is 5.82 Å². The third-order valence-electron chi connectivity index (χ3n) is 3.21. The van der Waals surface area contributed by atoms with Crippen molar-refractivity contribution >= 4 is 10.9 Å². The quantitative estimate of drug-likeness (QED) is 0.858. The Morgan fingerprint density at radius 2 is 2.42 bits per heavy atom. The number of benzene rings is 1. The normalized spacial score (nSPS) is 19.7. The van der Waals surface area contributed by atoms with E-state index in [1.165, 1.54) is 23.0 Å². The molecule has 1 aromatic heterocycles. The van der Waals surface area contributed by atoms with Crippen molar-refractivity contribution in [2.24, 2.45) is 0 Å². The van der Waals surface area contributed by atoms with Crippen LogP contribution >= 0.6 is 0 Å². The van der Waals surface area contributed by atoms with Crippen molar-refractivity contribution in [3.8, 4) is 0 Å². The average Bonchev–Trinajstić information content (AvgIpc) is 2.44. The van der Waals surface area contributed by atoms with E-state index in [4.69, 9.17) is 4.74 Å². The van der Waals surface area contributed by atoms with Gasteiger partial charge in [0.25, 0.3) is 5.56 Å². The maximum atomic E-state index is 13.5. The van der Waals surface area contributed by atoms with Gasteiger partial charge < -0.3 is 10.1 Å². The molecule has 0 radical (unpaired) electrons. The predicted octanol–water partition coefficient (Wildman–Crippen LogP) is 0.524. The van der Waals surface area contributed by atoms with Gasteiger partial charge in [-0.15, -0.1) is 0 Å². The van der Waals surface area contributed by atoms with Gasteiger partial charge in [0, 0.05) is 13.1 Å². The number of morpholine rings is 1. The topological polar surface area (TPSA) is 56.2 Å². The minimum Gasteiger partial charge on any atom is -0.374 e. The Morgan fingerprint density at radius 1 is 1.53 bits per heavy atom. The molecule has 1 aromatic carbocycles. The number of aromatic nitrogens is 2. The molecule has 1 saturated heterocycles. The van der Waals surface area contributed by atoms with E-state index in [-0.39, 0.29) is 17.2 Å². The zero-order chi connectivity index (χ0) is 13.2. The highest BCUT2D eigenvalue weighted by molar-refractivity contribution is 5.77. The Labute approximate surface area is 109 Å². The number of hydrogen-bond acceptors (Lipinski definition) is 4. The molecule has 3 rings (SSSR count). The van der Waals surface area contributed by atoms with Gasteiger partial charge in [0.1, 0.15) is 11.3 Å². The summed E-state index contributed by atoms with van der Waals surface area (Å²) in [6.45, 7) is 2.58. The van der Waals surface area contributed by atoms with Crippen LogP contribution in [0.15, 0.2) is 29.3 Å². The Bertz CT molecular complexity index is 650. The first kappa shape index (κ1) is 12.3. The number of ether oxygens (including phenoxy) is 1. The maximum absolute atomic E-state index is 13.5. The largest absolute Gasteiger partial charge is 0.374 e. The molecule has 2 aromatic rings. The van der Waals surface area contributed by atoms with Crippen LogP contribution in [0.4, 0.5) is 4.39 Å². The lowest BCUT2D eigenvalue weighted by Gasteiger charge is -2.24. The summed E-state index contributed by atoms with van der Waals surface area (Å²) in [4.78, 5) is 16.3. The molecule has 19 heavy (non-hydrogen) atoms. The molecule has 2 heterocycles. The van der Waals surface area contributed by atoms with E-state index >= 15 is 0 Å². The first-order valence-electron chi connectivity index (χ1n) is 6.21. The first-order chi connectivity index (χ1) is 9.25. The minimum absolute atomic E-state index is 0.0562. The molecule has 1 aliphatic heterocycles. The van der Waals surface area contributed by atoms with Crippen LogP contribution in [0.2, 0.25) is 0 Å². The van der Waals surface area contributed by atoms with Crippen molar-refractivity contribution in [3.05, 3.63) is 40.7 Å². The van der Waals surface area contributed by atoms with Crippen molar-refractivity contribution in [1.29, 1.82) is 0 Å². The summed E-state index contributed by atoms with van der Waals surface area (Å²) in [5.41, 5.74) is -0.120. The third kappa shape index (κ3) is 2.36. The Morgan fingerprint density at radius 3 is 3.21 bits per heavy atom. The molecule has 100 valence electrons. The van der Waals surface area contributed by atoms with Gasteiger partial charge in [-0.3, -0.25) is 9.36 Å². The van der Waals surface area contributed by atoms with Crippen LogP contribution < -0.4 is 10.9 Å². The van der Waals surface area contributed by atoms with Crippen molar-refractivity contribution < 1.29 is 9.13 Å². The highest BCUT2D eigenvalue weighted by Crippen LogP contribution is 2.11. The third-order valence-corrected chi connectivity index (χ3v) is 3.21. The number of nitrogens with one attached hydrogen (secondary N) is 1. The van der Waals surface area contributed by atoms with E-state index < -0.39 is 5.82 Å². The molecule has 1 aliphatic rings. The molecule has 6 heteroatoms. The van der Waals surface area contributed by atoms with E-state index in [2.05, 4.69) is 10.3 Å². The number of nitrogens with zero attached hydrogens (tertiary/aromatic N) is 2. The van der Waals surface area contributed by atoms with Crippen molar-refractivity contribution in [3.63, 3.8) is 0 Å². The summed E-state index contributed by atoms with van der Waals surface area (Å²) in [6, 6.07) is 4.40. The van der Waals surface area contributed by atoms with Gasteiger partial charge in [-0.2, -0.15) is 0 Å².